The minimum atomic E-state index is 0.726. The van der Waals surface area contributed by atoms with E-state index < -0.39 is 0 Å². The maximum absolute atomic E-state index is 5.44. The lowest BCUT2D eigenvalue weighted by molar-refractivity contribution is 0.0625. The Balaban J connectivity index is 1.87. The molecular formula is C19H31N3O. The van der Waals surface area contributed by atoms with Gasteiger partial charge in [0.1, 0.15) is 0 Å². The Hall–Kier alpha value is -1.55. The molecule has 0 aliphatic carbocycles. The molecular weight excluding hydrogens is 286 g/mol. The van der Waals surface area contributed by atoms with E-state index in [9.17, 15) is 0 Å². The number of ether oxygens (including phenoxy) is 1. The van der Waals surface area contributed by atoms with Crippen LogP contribution in [0.5, 0.6) is 0 Å². The first kappa shape index (κ1) is 17.8. The topological polar surface area (TPSA) is 36.9 Å². The van der Waals surface area contributed by atoms with Gasteiger partial charge in [-0.15, -0.1) is 0 Å². The van der Waals surface area contributed by atoms with Crippen LogP contribution >= 0.6 is 0 Å². The molecule has 128 valence electrons. The fourth-order valence-corrected chi connectivity index (χ4v) is 2.85. The molecule has 1 aromatic rings. The fraction of sp³-hybridized carbons (Fsp3) is 0.632. The predicted molar refractivity (Wildman–Crippen MR) is 96.8 cm³/mol. The number of aryl methyl sites for hydroxylation is 1. The van der Waals surface area contributed by atoms with Crippen LogP contribution in [0.3, 0.4) is 0 Å². The summed E-state index contributed by atoms with van der Waals surface area (Å²) in [7, 11) is 2.13. The Morgan fingerprint density at radius 3 is 2.61 bits per heavy atom. The summed E-state index contributed by atoms with van der Waals surface area (Å²) in [6.45, 7) is 8.75. The van der Waals surface area contributed by atoms with E-state index in [1.54, 1.807) is 0 Å². The van der Waals surface area contributed by atoms with E-state index in [1.807, 2.05) is 0 Å². The van der Waals surface area contributed by atoms with E-state index in [0.717, 1.165) is 44.7 Å². The van der Waals surface area contributed by atoms with Crippen molar-refractivity contribution < 1.29 is 4.74 Å². The lowest BCUT2D eigenvalue weighted by Gasteiger charge is -2.26. The fourth-order valence-electron chi connectivity index (χ4n) is 2.85. The Kier molecular flexibility index (Phi) is 7.40. The molecule has 4 nitrogen and oxygen atoms in total. The third-order valence-corrected chi connectivity index (χ3v) is 4.44. The molecule has 23 heavy (non-hydrogen) atoms. The van der Waals surface area contributed by atoms with Crippen molar-refractivity contribution in [3.63, 3.8) is 0 Å². The molecule has 0 aromatic heterocycles. The first-order chi connectivity index (χ1) is 11.2. The van der Waals surface area contributed by atoms with Gasteiger partial charge >= 0.3 is 0 Å². The van der Waals surface area contributed by atoms with E-state index in [4.69, 9.17) is 9.73 Å². The molecule has 1 heterocycles. The second-order valence-electron chi connectivity index (χ2n) is 6.42. The van der Waals surface area contributed by atoms with Crippen molar-refractivity contribution in [3.05, 3.63) is 35.4 Å². The van der Waals surface area contributed by atoms with Crippen molar-refractivity contribution in [2.24, 2.45) is 10.9 Å². The van der Waals surface area contributed by atoms with Crippen LogP contribution in [-0.4, -0.2) is 44.2 Å². The van der Waals surface area contributed by atoms with Gasteiger partial charge in [-0.05, 0) is 44.6 Å². The first-order valence-corrected chi connectivity index (χ1v) is 8.81. The van der Waals surface area contributed by atoms with Crippen molar-refractivity contribution in [2.45, 2.75) is 39.7 Å². The Bertz CT molecular complexity index is 478. The summed E-state index contributed by atoms with van der Waals surface area (Å²) in [5, 5.41) is 3.40. The SMILES string of the molecule is CCNC(=NCc1ccc(C)cc1)N(C)CCC1CCOCC1. The molecule has 1 aromatic carbocycles. The highest BCUT2D eigenvalue weighted by atomic mass is 16.5. The summed E-state index contributed by atoms with van der Waals surface area (Å²) in [5.41, 5.74) is 2.54. The molecule has 1 aliphatic rings. The van der Waals surface area contributed by atoms with Gasteiger partial charge in [-0.3, -0.25) is 0 Å². The van der Waals surface area contributed by atoms with E-state index in [-0.39, 0.29) is 0 Å². The number of benzene rings is 1. The molecule has 2 rings (SSSR count). The van der Waals surface area contributed by atoms with Crippen LogP contribution in [-0.2, 0) is 11.3 Å². The standard InChI is InChI=1S/C19H31N3O/c1-4-20-19(21-15-18-7-5-16(2)6-8-18)22(3)12-9-17-10-13-23-14-11-17/h5-8,17H,4,9-15H2,1-3H3,(H,20,21). The minimum Gasteiger partial charge on any atom is -0.381 e. The average molecular weight is 317 g/mol. The molecule has 1 aliphatic heterocycles. The predicted octanol–water partition coefficient (Wildman–Crippen LogP) is 3.21. The van der Waals surface area contributed by atoms with Gasteiger partial charge in [-0.1, -0.05) is 29.8 Å². The summed E-state index contributed by atoms with van der Waals surface area (Å²) in [6, 6.07) is 8.61. The molecule has 1 N–H and O–H groups in total. The second-order valence-corrected chi connectivity index (χ2v) is 6.42. The molecule has 0 saturated carbocycles. The average Bonchev–Trinajstić information content (AvgIpc) is 2.59. The number of guanidine groups is 1. The number of aliphatic imine (C=N–C) groups is 1. The van der Waals surface area contributed by atoms with Crippen molar-refractivity contribution in [3.8, 4) is 0 Å². The van der Waals surface area contributed by atoms with Gasteiger partial charge in [-0.2, -0.15) is 0 Å². The molecule has 1 saturated heterocycles. The Labute approximate surface area is 140 Å². The van der Waals surface area contributed by atoms with Gasteiger partial charge in [0.15, 0.2) is 5.96 Å². The first-order valence-electron chi connectivity index (χ1n) is 8.81. The maximum Gasteiger partial charge on any atom is 0.193 e. The third-order valence-electron chi connectivity index (χ3n) is 4.44. The number of hydrogen-bond acceptors (Lipinski definition) is 2. The van der Waals surface area contributed by atoms with E-state index in [0.29, 0.717) is 0 Å². The van der Waals surface area contributed by atoms with Crippen LogP contribution in [0, 0.1) is 12.8 Å². The highest BCUT2D eigenvalue weighted by molar-refractivity contribution is 5.79. The highest BCUT2D eigenvalue weighted by Gasteiger charge is 2.15. The van der Waals surface area contributed by atoms with Gasteiger partial charge < -0.3 is 15.0 Å². The van der Waals surface area contributed by atoms with Crippen molar-refractivity contribution in [1.29, 1.82) is 0 Å². The molecule has 4 heteroatoms. The van der Waals surface area contributed by atoms with Crippen LogP contribution < -0.4 is 5.32 Å². The summed E-state index contributed by atoms with van der Waals surface area (Å²) in [5.74, 6) is 1.80. The summed E-state index contributed by atoms with van der Waals surface area (Å²) >= 11 is 0. The van der Waals surface area contributed by atoms with E-state index >= 15 is 0 Å². The maximum atomic E-state index is 5.44. The van der Waals surface area contributed by atoms with Gasteiger partial charge in [0.25, 0.3) is 0 Å². The number of rotatable bonds is 6. The van der Waals surface area contributed by atoms with Crippen LogP contribution in [0.4, 0.5) is 0 Å². The highest BCUT2D eigenvalue weighted by Crippen LogP contribution is 2.18. The smallest absolute Gasteiger partial charge is 0.193 e. The molecule has 0 amide bonds. The number of hydrogen-bond donors (Lipinski definition) is 1. The molecule has 0 spiro atoms. The monoisotopic (exact) mass is 317 g/mol. The minimum absolute atomic E-state index is 0.726. The van der Waals surface area contributed by atoms with Gasteiger partial charge in [-0.25, -0.2) is 4.99 Å². The molecule has 0 unspecified atom stereocenters. The zero-order valence-corrected chi connectivity index (χ0v) is 14.8. The third kappa shape index (κ3) is 6.22. The van der Waals surface area contributed by atoms with Crippen LogP contribution in [0.2, 0.25) is 0 Å². The molecule has 0 radical (unpaired) electrons. The lowest BCUT2D eigenvalue weighted by atomic mass is 9.96. The van der Waals surface area contributed by atoms with Gasteiger partial charge in [0.05, 0.1) is 6.54 Å². The second kappa shape index (κ2) is 9.56. The molecule has 0 bridgehead atoms. The van der Waals surface area contributed by atoms with Gasteiger partial charge in [0.2, 0.25) is 0 Å². The normalized spacial score (nSPS) is 16.4. The number of nitrogens with zero attached hydrogens (tertiary/aromatic N) is 2. The number of nitrogens with one attached hydrogen (secondary N) is 1. The molecule has 0 atom stereocenters. The largest absolute Gasteiger partial charge is 0.381 e. The summed E-state index contributed by atoms with van der Waals surface area (Å²) in [6.07, 6.45) is 3.62. The van der Waals surface area contributed by atoms with Gasteiger partial charge in [0, 0.05) is 33.4 Å². The summed E-state index contributed by atoms with van der Waals surface area (Å²) in [4.78, 5) is 7.04. The van der Waals surface area contributed by atoms with Crippen molar-refractivity contribution in [2.75, 3.05) is 33.4 Å². The lowest BCUT2D eigenvalue weighted by Crippen LogP contribution is -2.40. The zero-order valence-electron chi connectivity index (χ0n) is 14.8. The zero-order chi connectivity index (χ0) is 16.5. The van der Waals surface area contributed by atoms with E-state index in [1.165, 1.54) is 30.4 Å². The van der Waals surface area contributed by atoms with Crippen LogP contribution in [0.15, 0.2) is 29.3 Å². The van der Waals surface area contributed by atoms with Crippen molar-refractivity contribution in [1.82, 2.24) is 10.2 Å². The molecule has 1 fully saturated rings. The van der Waals surface area contributed by atoms with E-state index in [2.05, 4.69) is 55.4 Å². The Morgan fingerprint density at radius 2 is 1.96 bits per heavy atom. The Morgan fingerprint density at radius 1 is 1.26 bits per heavy atom. The van der Waals surface area contributed by atoms with Crippen LogP contribution in [0.1, 0.15) is 37.3 Å². The van der Waals surface area contributed by atoms with Crippen molar-refractivity contribution >= 4 is 5.96 Å². The van der Waals surface area contributed by atoms with Crippen LogP contribution in [0.25, 0.3) is 0 Å². The quantitative estimate of drug-likeness (QED) is 0.646. The summed E-state index contributed by atoms with van der Waals surface area (Å²) < 4.78 is 5.44.